The molecular weight excluding hydrogens is 263 g/mol. The zero-order chi connectivity index (χ0) is 14.8. The maximum atomic E-state index is 14.0. The summed E-state index contributed by atoms with van der Waals surface area (Å²) >= 11 is 0. The molecule has 0 amide bonds. The number of hydrogen-bond acceptors (Lipinski definition) is 2. The van der Waals surface area contributed by atoms with Crippen LogP contribution < -0.4 is 5.73 Å². The molecule has 0 aliphatic heterocycles. The van der Waals surface area contributed by atoms with Gasteiger partial charge in [0.05, 0.1) is 5.52 Å². The molecule has 2 N–H and O–H groups in total. The predicted molar refractivity (Wildman–Crippen MR) is 83.6 cm³/mol. The van der Waals surface area contributed by atoms with Crippen LogP contribution in [0.25, 0.3) is 10.9 Å². The minimum atomic E-state index is -0.214. The van der Waals surface area contributed by atoms with E-state index in [0.717, 1.165) is 22.2 Å². The van der Waals surface area contributed by atoms with Gasteiger partial charge in [-0.05, 0) is 36.2 Å². The van der Waals surface area contributed by atoms with Crippen LogP contribution in [0.3, 0.4) is 0 Å². The normalized spacial score (nSPS) is 12.5. The minimum absolute atomic E-state index is 0.103. The molecule has 106 valence electrons. The maximum Gasteiger partial charge on any atom is 0.126 e. The van der Waals surface area contributed by atoms with Gasteiger partial charge in [-0.1, -0.05) is 36.4 Å². The van der Waals surface area contributed by atoms with E-state index < -0.39 is 0 Å². The van der Waals surface area contributed by atoms with E-state index in [0.29, 0.717) is 12.0 Å². The molecule has 0 fully saturated rings. The molecular formula is C18H17FN2. The number of rotatable bonds is 3. The van der Waals surface area contributed by atoms with E-state index in [1.165, 1.54) is 6.07 Å². The molecule has 3 heteroatoms. The second-order valence-electron chi connectivity index (χ2n) is 5.31. The van der Waals surface area contributed by atoms with Crippen LogP contribution in [0.4, 0.5) is 4.39 Å². The molecule has 3 rings (SSSR count). The Balaban J connectivity index is 1.96. The van der Waals surface area contributed by atoms with E-state index in [1.807, 2.05) is 49.4 Å². The fraction of sp³-hybridized carbons (Fsp3) is 0.167. The van der Waals surface area contributed by atoms with Gasteiger partial charge in [-0.3, -0.25) is 4.98 Å². The first-order valence-corrected chi connectivity index (χ1v) is 7.02. The van der Waals surface area contributed by atoms with E-state index in [2.05, 4.69) is 4.98 Å². The van der Waals surface area contributed by atoms with Crippen LogP contribution >= 0.6 is 0 Å². The van der Waals surface area contributed by atoms with E-state index >= 15 is 0 Å². The number of benzene rings is 2. The van der Waals surface area contributed by atoms with Crippen molar-refractivity contribution in [3.63, 3.8) is 0 Å². The second kappa shape index (κ2) is 5.62. The third kappa shape index (κ3) is 2.93. The monoisotopic (exact) mass is 280 g/mol. The van der Waals surface area contributed by atoms with Crippen LogP contribution in [0.5, 0.6) is 0 Å². The molecule has 1 heterocycles. The molecule has 2 aromatic carbocycles. The van der Waals surface area contributed by atoms with Crippen molar-refractivity contribution >= 4 is 10.9 Å². The standard InChI is InChI=1S/C18H17FN2/c1-12(20)14-7-9-17(19)15(10-14)11-16-8-6-13-4-2-3-5-18(13)21-16/h2-10,12H,11,20H2,1H3. The lowest BCUT2D eigenvalue weighted by atomic mass is 10.0. The number of hydrogen-bond donors (Lipinski definition) is 1. The molecule has 0 aliphatic rings. The number of nitrogens with zero attached hydrogens (tertiary/aromatic N) is 1. The average molecular weight is 280 g/mol. The lowest BCUT2D eigenvalue weighted by Gasteiger charge is -2.10. The largest absolute Gasteiger partial charge is 0.324 e. The minimum Gasteiger partial charge on any atom is -0.324 e. The lowest BCUT2D eigenvalue weighted by Crippen LogP contribution is -2.06. The van der Waals surface area contributed by atoms with Crippen LogP contribution in [0.15, 0.2) is 54.6 Å². The average Bonchev–Trinajstić information content (AvgIpc) is 2.49. The van der Waals surface area contributed by atoms with Gasteiger partial charge >= 0.3 is 0 Å². The summed E-state index contributed by atoms with van der Waals surface area (Å²) in [6.45, 7) is 1.89. The molecule has 1 atom stereocenters. The Labute approximate surface area is 123 Å². The van der Waals surface area contributed by atoms with Gasteiger partial charge in [-0.2, -0.15) is 0 Å². The SMILES string of the molecule is CC(N)c1ccc(F)c(Cc2ccc3ccccc3n2)c1. The van der Waals surface area contributed by atoms with Gasteiger partial charge < -0.3 is 5.73 Å². The zero-order valence-corrected chi connectivity index (χ0v) is 11.9. The Hall–Kier alpha value is -2.26. The number of pyridine rings is 1. The highest BCUT2D eigenvalue weighted by atomic mass is 19.1. The van der Waals surface area contributed by atoms with E-state index in [-0.39, 0.29) is 11.9 Å². The van der Waals surface area contributed by atoms with Crippen molar-refractivity contribution in [2.45, 2.75) is 19.4 Å². The van der Waals surface area contributed by atoms with Crippen LogP contribution in [0.2, 0.25) is 0 Å². The van der Waals surface area contributed by atoms with Crippen molar-refractivity contribution in [2.24, 2.45) is 5.73 Å². The second-order valence-corrected chi connectivity index (χ2v) is 5.31. The summed E-state index contributed by atoms with van der Waals surface area (Å²) in [4.78, 5) is 4.59. The molecule has 0 aliphatic carbocycles. The maximum absolute atomic E-state index is 14.0. The predicted octanol–water partition coefficient (Wildman–Crippen LogP) is 3.98. The topological polar surface area (TPSA) is 38.9 Å². The fourth-order valence-electron chi connectivity index (χ4n) is 2.42. The summed E-state index contributed by atoms with van der Waals surface area (Å²) in [5.41, 5.74) is 9.22. The quantitative estimate of drug-likeness (QED) is 0.788. The third-order valence-electron chi connectivity index (χ3n) is 3.62. The Bertz CT molecular complexity index is 781. The Morgan fingerprint density at radius 2 is 1.90 bits per heavy atom. The fourth-order valence-corrected chi connectivity index (χ4v) is 2.42. The van der Waals surface area contributed by atoms with Gasteiger partial charge in [0.15, 0.2) is 0 Å². The highest BCUT2D eigenvalue weighted by molar-refractivity contribution is 5.78. The molecule has 0 spiro atoms. The van der Waals surface area contributed by atoms with Gasteiger partial charge in [0.2, 0.25) is 0 Å². The number of nitrogens with two attached hydrogens (primary N) is 1. The molecule has 0 saturated carbocycles. The van der Waals surface area contributed by atoms with Crippen molar-refractivity contribution in [3.8, 4) is 0 Å². The van der Waals surface area contributed by atoms with Crippen molar-refractivity contribution in [3.05, 3.63) is 77.2 Å². The number of aromatic nitrogens is 1. The molecule has 2 nitrogen and oxygen atoms in total. The molecule has 1 unspecified atom stereocenters. The van der Waals surface area contributed by atoms with E-state index in [9.17, 15) is 4.39 Å². The third-order valence-corrected chi connectivity index (χ3v) is 3.62. The van der Waals surface area contributed by atoms with Crippen molar-refractivity contribution in [1.29, 1.82) is 0 Å². The molecule has 0 bridgehead atoms. The molecule has 1 aromatic heterocycles. The number of para-hydroxylation sites is 1. The first kappa shape index (κ1) is 13.7. The summed E-state index contributed by atoms with van der Waals surface area (Å²) in [5, 5.41) is 1.09. The van der Waals surface area contributed by atoms with Crippen molar-refractivity contribution < 1.29 is 4.39 Å². The molecule has 3 aromatic rings. The number of fused-ring (bicyclic) bond motifs is 1. The van der Waals surface area contributed by atoms with Crippen LogP contribution in [0, 0.1) is 5.82 Å². The van der Waals surface area contributed by atoms with Gasteiger partial charge in [0, 0.05) is 23.5 Å². The van der Waals surface area contributed by atoms with Gasteiger partial charge in [0.25, 0.3) is 0 Å². The summed E-state index contributed by atoms with van der Waals surface area (Å²) in [6, 6.07) is 16.8. The van der Waals surface area contributed by atoms with Gasteiger partial charge in [-0.25, -0.2) is 4.39 Å². The van der Waals surface area contributed by atoms with Gasteiger partial charge in [-0.15, -0.1) is 0 Å². The smallest absolute Gasteiger partial charge is 0.126 e. The molecule has 21 heavy (non-hydrogen) atoms. The number of halogens is 1. The van der Waals surface area contributed by atoms with Gasteiger partial charge in [0.1, 0.15) is 5.82 Å². The van der Waals surface area contributed by atoms with Crippen LogP contribution in [-0.2, 0) is 6.42 Å². The van der Waals surface area contributed by atoms with Crippen LogP contribution in [0.1, 0.15) is 29.8 Å². The lowest BCUT2D eigenvalue weighted by molar-refractivity contribution is 0.611. The summed E-state index contributed by atoms with van der Waals surface area (Å²) < 4.78 is 14.0. The first-order valence-electron chi connectivity index (χ1n) is 7.02. The van der Waals surface area contributed by atoms with Crippen molar-refractivity contribution in [1.82, 2.24) is 4.98 Å². The van der Waals surface area contributed by atoms with E-state index in [4.69, 9.17) is 5.73 Å². The zero-order valence-electron chi connectivity index (χ0n) is 11.9. The highest BCUT2D eigenvalue weighted by Gasteiger charge is 2.08. The Kier molecular flexibility index (Phi) is 3.67. The summed E-state index contributed by atoms with van der Waals surface area (Å²) in [5.74, 6) is -0.214. The Morgan fingerprint density at radius 3 is 2.71 bits per heavy atom. The van der Waals surface area contributed by atoms with Crippen LogP contribution in [-0.4, -0.2) is 4.98 Å². The summed E-state index contributed by atoms with van der Waals surface area (Å²) in [6.07, 6.45) is 0.469. The summed E-state index contributed by atoms with van der Waals surface area (Å²) in [7, 11) is 0. The molecule has 0 radical (unpaired) electrons. The molecule has 0 saturated heterocycles. The van der Waals surface area contributed by atoms with Crippen molar-refractivity contribution in [2.75, 3.05) is 0 Å². The highest BCUT2D eigenvalue weighted by Crippen LogP contribution is 2.19. The first-order chi connectivity index (χ1) is 10.1. The van der Waals surface area contributed by atoms with E-state index in [1.54, 1.807) is 6.07 Å². The Morgan fingerprint density at radius 1 is 1.10 bits per heavy atom.